The fourth-order valence-electron chi connectivity index (χ4n) is 1.73. The quantitative estimate of drug-likeness (QED) is 0.847. The van der Waals surface area contributed by atoms with Gasteiger partial charge in [-0.2, -0.15) is 21.6 Å². The Kier molecular flexibility index (Phi) is 4.88. The van der Waals surface area contributed by atoms with Crippen molar-refractivity contribution in [2.45, 2.75) is 17.6 Å². The third kappa shape index (κ3) is 4.51. The van der Waals surface area contributed by atoms with Crippen LogP contribution in [-0.4, -0.2) is 19.3 Å². The third-order valence-electron chi connectivity index (χ3n) is 2.87. The van der Waals surface area contributed by atoms with Crippen molar-refractivity contribution in [3.05, 3.63) is 59.5 Å². The van der Waals surface area contributed by atoms with Crippen LogP contribution in [-0.2, 0) is 27.4 Å². The largest absolute Gasteiger partial charge is 0.417 e. The maximum atomic E-state index is 12.7. The monoisotopic (exact) mass is 362 g/mol. The van der Waals surface area contributed by atoms with Gasteiger partial charge in [-0.05, 0) is 29.8 Å². The Bertz CT molecular complexity index is 832. The van der Waals surface area contributed by atoms with E-state index in [-0.39, 0.29) is 6.42 Å². The topological polar surface area (TPSA) is 76.1 Å². The molecule has 1 N–H and O–H groups in total. The number of sulfonamides is 1. The van der Waals surface area contributed by atoms with Gasteiger partial charge in [-0.25, -0.2) is 14.1 Å². The summed E-state index contributed by atoms with van der Waals surface area (Å²) < 4.78 is 75.5. The first kappa shape index (κ1) is 17.9. The van der Waals surface area contributed by atoms with E-state index >= 15 is 0 Å². The Morgan fingerprint density at radius 2 is 1.71 bits per heavy atom. The number of nitrogens with zero attached hydrogens (tertiary/aromatic N) is 1. The number of hydrogen-bond donors (Lipinski definition) is 1. The van der Waals surface area contributed by atoms with Gasteiger partial charge in [0.2, 0.25) is 5.91 Å². The van der Waals surface area contributed by atoms with Gasteiger partial charge in [-0.15, -0.1) is 0 Å². The molecule has 1 aromatic heterocycles. The lowest BCUT2D eigenvalue weighted by molar-refractivity contribution is -0.137. The van der Waals surface area contributed by atoms with Crippen LogP contribution < -0.4 is 4.72 Å². The minimum Gasteiger partial charge on any atom is -0.274 e. The van der Waals surface area contributed by atoms with Gasteiger partial charge in [-0.1, -0.05) is 12.1 Å². The van der Waals surface area contributed by atoms with E-state index in [0.29, 0.717) is 23.9 Å². The maximum Gasteiger partial charge on any atom is 0.417 e. The van der Waals surface area contributed by atoms with Crippen LogP contribution in [0.4, 0.5) is 17.6 Å². The normalized spacial score (nSPS) is 12.0. The number of rotatable bonds is 4. The number of aromatic nitrogens is 1. The lowest BCUT2D eigenvalue weighted by Gasteiger charge is -2.08. The lowest BCUT2D eigenvalue weighted by atomic mass is 10.1. The SMILES string of the molecule is O=C(Cc1ccc(F)cc1)NS(=O)(=O)c1ccc(C(F)(F)F)cn1. The predicted octanol–water partition coefficient (Wildman–Crippen LogP) is 2.29. The molecule has 0 saturated carbocycles. The fraction of sp³-hybridized carbons (Fsp3) is 0.143. The molecule has 0 aliphatic rings. The molecule has 2 rings (SSSR count). The maximum absolute atomic E-state index is 12.7. The van der Waals surface area contributed by atoms with Gasteiger partial charge in [0.25, 0.3) is 10.0 Å². The van der Waals surface area contributed by atoms with Crippen molar-refractivity contribution in [2.75, 3.05) is 0 Å². The lowest BCUT2D eigenvalue weighted by Crippen LogP contribution is -2.32. The van der Waals surface area contributed by atoms with E-state index in [1.165, 1.54) is 12.1 Å². The molecule has 0 atom stereocenters. The number of amides is 1. The van der Waals surface area contributed by atoms with E-state index < -0.39 is 38.5 Å². The van der Waals surface area contributed by atoms with Crippen LogP contribution in [0.5, 0.6) is 0 Å². The Labute approximate surface area is 134 Å². The minimum atomic E-state index is -4.65. The van der Waals surface area contributed by atoms with E-state index in [4.69, 9.17) is 0 Å². The molecule has 1 amide bonds. The van der Waals surface area contributed by atoms with Crippen molar-refractivity contribution in [3.8, 4) is 0 Å². The van der Waals surface area contributed by atoms with Crippen molar-refractivity contribution < 1.29 is 30.8 Å². The minimum absolute atomic E-state index is 0.347. The van der Waals surface area contributed by atoms with Crippen molar-refractivity contribution in [3.63, 3.8) is 0 Å². The highest BCUT2D eigenvalue weighted by Crippen LogP contribution is 2.28. The van der Waals surface area contributed by atoms with Gasteiger partial charge >= 0.3 is 6.18 Å². The average Bonchev–Trinajstić information content (AvgIpc) is 2.48. The van der Waals surface area contributed by atoms with Crippen LogP contribution in [0.3, 0.4) is 0 Å². The highest BCUT2D eigenvalue weighted by Gasteiger charge is 2.31. The van der Waals surface area contributed by atoms with Crippen LogP contribution >= 0.6 is 0 Å². The zero-order valence-corrected chi connectivity index (χ0v) is 12.7. The van der Waals surface area contributed by atoms with Gasteiger partial charge in [0.15, 0.2) is 5.03 Å². The second-order valence-electron chi connectivity index (χ2n) is 4.71. The summed E-state index contributed by atoms with van der Waals surface area (Å²) in [6.07, 6.45) is -4.64. The molecule has 1 aromatic carbocycles. The van der Waals surface area contributed by atoms with Crippen LogP contribution in [0.2, 0.25) is 0 Å². The zero-order chi connectivity index (χ0) is 18.0. The van der Waals surface area contributed by atoms with Crippen LogP contribution in [0.1, 0.15) is 11.1 Å². The van der Waals surface area contributed by atoms with Crippen molar-refractivity contribution in [1.82, 2.24) is 9.71 Å². The number of halogens is 4. The van der Waals surface area contributed by atoms with E-state index in [2.05, 4.69) is 4.98 Å². The number of carbonyl (C=O) groups excluding carboxylic acids is 1. The number of nitrogens with one attached hydrogen (secondary N) is 1. The van der Waals surface area contributed by atoms with E-state index in [1.54, 1.807) is 4.72 Å². The van der Waals surface area contributed by atoms with Crippen molar-refractivity contribution in [2.24, 2.45) is 0 Å². The average molecular weight is 362 g/mol. The molecule has 2 aromatic rings. The number of carbonyl (C=O) groups is 1. The van der Waals surface area contributed by atoms with Gasteiger partial charge in [0, 0.05) is 6.20 Å². The third-order valence-corrected chi connectivity index (χ3v) is 4.15. The van der Waals surface area contributed by atoms with Gasteiger partial charge in [-0.3, -0.25) is 4.79 Å². The highest BCUT2D eigenvalue weighted by molar-refractivity contribution is 7.90. The molecular weight excluding hydrogens is 352 g/mol. The highest BCUT2D eigenvalue weighted by atomic mass is 32.2. The number of hydrogen-bond acceptors (Lipinski definition) is 4. The summed E-state index contributed by atoms with van der Waals surface area (Å²) in [5.74, 6) is -1.44. The summed E-state index contributed by atoms with van der Waals surface area (Å²) in [7, 11) is -4.40. The Balaban J connectivity index is 2.10. The molecular formula is C14H10F4N2O3S. The molecule has 0 aliphatic carbocycles. The summed E-state index contributed by atoms with van der Waals surface area (Å²) in [6.45, 7) is 0. The summed E-state index contributed by atoms with van der Waals surface area (Å²) in [4.78, 5) is 14.9. The van der Waals surface area contributed by atoms with E-state index in [1.807, 2.05) is 0 Å². The van der Waals surface area contributed by atoms with Crippen LogP contribution in [0.25, 0.3) is 0 Å². The molecule has 0 spiro atoms. The van der Waals surface area contributed by atoms with Crippen molar-refractivity contribution >= 4 is 15.9 Å². The first-order chi connectivity index (χ1) is 11.1. The molecule has 0 saturated heterocycles. The zero-order valence-electron chi connectivity index (χ0n) is 11.8. The standard InChI is InChI=1S/C14H10F4N2O3S/c15-11-4-1-9(2-5-11)7-12(21)20-24(22,23)13-6-3-10(8-19-13)14(16,17)18/h1-6,8H,7H2,(H,20,21). The first-order valence-corrected chi connectivity index (χ1v) is 7.89. The number of benzene rings is 1. The summed E-state index contributed by atoms with van der Waals surface area (Å²) in [6, 6.07) is 6.02. The van der Waals surface area contributed by atoms with Crippen LogP contribution in [0.15, 0.2) is 47.6 Å². The van der Waals surface area contributed by atoms with Gasteiger partial charge < -0.3 is 0 Å². The summed E-state index contributed by atoms with van der Waals surface area (Å²) >= 11 is 0. The first-order valence-electron chi connectivity index (χ1n) is 6.41. The summed E-state index contributed by atoms with van der Waals surface area (Å²) in [5, 5.41) is -0.719. The van der Waals surface area contributed by atoms with Gasteiger partial charge in [0.1, 0.15) is 5.82 Å². The Morgan fingerprint density at radius 3 is 2.21 bits per heavy atom. The molecule has 0 unspecified atom stereocenters. The Morgan fingerprint density at radius 1 is 1.08 bits per heavy atom. The Hall–Kier alpha value is -2.49. The predicted molar refractivity (Wildman–Crippen MR) is 74.7 cm³/mol. The number of pyridine rings is 1. The molecule has 1 heterocycles. The second kappa shape index (κ2) is 6.56. The molecule has 0 fully saturated rings. The second-order valence-corrected chi connectivity index (χ2v) is 6.34. The molecule has 24 heavy (non-hydrogen) atoms. The molecule has 10 heteroatoms. The van der Waals surface area contributed by atoms with Crippen LogP contribution in [0, 0.1) is 5.82 Å². The molecule has 0 radical (unpaired) electrons. The van der Waals surface area contributed by atoms with Crippen molar-refractivity contribution in [1.29, 1.82) is 0 Å². The molecule has 0 aliphatic heterocycles. The summed E-state index contributed by atoms with van der Waals surface area (Å²) in [5.41, 5.74) is -0.747. The van der Waals surface area contributed by atoms with E-state index in [0.717, 1.165) is 12.1 Å². The van der Waals surface area contributed by atoms with Gasteiger partial charge in [0.05, 0.1) is 12.0 Å². The number of alkyl halides is 3. The smallest absolute Gasteiger partial charge is 0.274 e. The molecule has 5 nitrogen and oxygen atoms in total. The molecule has 0 bridgehead atoms. The van der Waals surface area contributed by atoms with E-state index in [9.17, 15) is 30.8 Å². The molecule has 128 valence electrons. The fourth-order valence-corrected chi connectivity index (χ4v) is 2.65.